The number of rotatable bonds is 3. The van der Waals surface area contributed by atoms with Crippen molar-refractivity contribution in [1.82, 2.24) is 4.98 Å². The molecule has 0 bridgehead atoms. The monoisotopic (exact) mass is 344 g/mol. The van der Waals surface area contributed by atoms with Gasteiger partial charge in [-0.1, -0.05) is 18.2 Å². The summed E-state index contributed by atoms with van der Waals surface area (Å²) in [7, 11) is 0. The highest BCUT2D eigenvalue weighted by atomic mass is 16.3. The number of carbonyl (C=O) groups excluding carboxylic acids is 2. The molecule has 0 spiro atoms. The van der Waals surface area contributed by atoms with Crippen LogP contribution in [-0.4, -0.2) is 34.6 Å². The van der Waals surface area contributed by atoms with Crippen molar-refractivity contribution in [3.05, 3.63) is 66.1 Å². The molecule has 1 aromatic carbocycles. The summed E-state index contributed by atoms with van der Waals surface area (Å²) in [6.07, 6.45) is 7.43. The van der Waals surface area contributed by atoms with Crippen molar-refractivity contribution >= 4 is 29.6 Å². The Kier molecular flexibility index (Phi) is 4.03. The van der Waals surface area contributed by atoms with E-state index in [-0.39, 0.29) is 12.3 Å². The first-order chi connectivity index (χ1) is 12.7. The van der Waals surface area contributed by atoms with Gasteiger partial charge in [-0.15, -0.1) is 0 Å². The van der Waals surface area contributed by atoms with Gasteiger partial charge >= 0.3 is 0 Å². The van der Waals surface area contributed by atoms with Gasteiger partial charge in [0.1, 0.15) is 12.6 Å². The number of aromatic nitrogens is 1. The summed E-state index contributed by atoms with van der Waals surface area (Å²) >= 11 is 0. The van der Waals surface area contributed by atoms with E-state index in [0.29, 0.717) is 28.6 Å². The number of allylic oxidation sites excluding steroid dienone is 3. The third kappa shape index (κ3) is 3.23. The van der Waals surface area contributed by atoms with Gasteiger partial charge in [-0.25, -0.2) is 15.0 Å². The van der Waals surface area contributed by atoms with Crippen LogP contribution >= 0.6 is 0 Å². The molecule has 0 saturated heterocycles. The number of oxazole rings is 1. The van der Waals surface area contributed by atoms with Crippen LogP contribution in [0.4, 0.5) is 0 Å². The molecule has 7 heteroatoms. The summed E-state index contributed by atoms with van der Waals surface area (Å²) in [6, 6.07) is 9.41. The summed E-state index contributed by atoms with van der Waals surface area (Å²) in [5, 5.41) is 0. The van der Waals surface area contributed by atoms with E-state index in [1.165, 1.54) is 18.7 Å². The molecule has 126 valence electrons. The Labute approximate surface area is 148 Å². The first-order valence-electron chi connectivity index (χ1n) is 7.85. The molecule has 0 radical (unpaired) electrons. The highest BCUT2D eigenvalue weighted by molar-refractivity contribution is 6.36. The summed E-state index contributed by atoms with van der Waals surface area (Å²) in [5.74, 6) is -0.336. The minimum absolute atomic E-state index is 0.00386. The smallest absolute Gasteiger partial charge is 0.280 e. The van der Waals surface area contributed by atoms with E-state index in [0.717, 1.165) is 5.56 Å². The van der Waals surface area contributed by atoms with Crippen molar-refractivity contribution in [3.63, 3.8) is 0 Å². The highest BCUT2D eigenvalue weighted by Crippen LogP contribution is 2.18. The first kappa shape index (κ1) is 15.8. The molecule has 0 saturated carbocycles. The number of hydrogen-bond donors (Lipinski definition) is 0. The van der Waals surface area contributed by atoms with Crippen molar-refractivity contribution < 1.29 is 14.0 Å². The molecule has 0 atom stereocenters. The number of hydrogen-bond acceptors (Lipinski definition) is 5. The van der Waals surface area contributed by atoms with E-state index in [4.69, 9.17) is 4.42 Å². The molecule has 0 unspecified atom stereocenters. The number of benzene rings is 1. The van der Waals surface area contributed by atoms with Crippen molar-refractivity contribution in [2.45, 2.75) is 6.42 Å². The highest BCUT2D eigenvalue weighted by Gasteiger charge is 2.20. The molecule has 1 aliphatic heterocycles. The van der Waals surface area contributed by atoms with Crippen LogP contribution in [0.3, 0.4) is 0 Å². The summed E-state index contributed by atoms with van der Waals surface area (Å²) in [6.45, 7) is 0. The Morgan fingerprint density at radius 1 is 1.15 bits per heavy atom. The number of nitrogens with zero attached hydrogens (tertiary/aromatic N) is 4. The van der Waals surface area contributed by atoms with Crippen LogP contribution < -0.4 is 0 Å². The molecule has 2 aliphatic rings. The fraction of sp³-hybridized carbons (Fsp3) is 0.0526. The quantitative estimate of drug-likeness (QED) is 0.798. The summed E-state index contributed by atoms with van der Waals surface area (Å²) < 4.78 is 5.41. The van der Waals surface area contributed by atoms with Gasteiger partial charge in [0.05, 0.1) is 29.1 Å². The maximum atomic E-state index is 12.2. The molecule has 1 aliphatic carbocycles. The molecule has 26 heavy (non-hydrogen) atoms. The van der Waals surface area contributed by atoms with Crippen LogP contribution in [0.15, 0.2) is 79.8 Å². The van der Waals surface area contributed by atoms with Gasteiger partial charge in [0.25, 0.3) is 11.8 Å². The van der Waals surface area contributed by atoms with Gasteiger partial charge in [0, 0.05) is 5.56 Å². The van der Waals surface area contributed by atoms with Crippen molar-refractivity contribution in [2.24, 2.45) is 15.0 Å². The fourth-order valence-electron chi connectivity index (χ4n) is 2.53. The second-order valence-corrected chi connectivity index (χ2v) is 5.57. The number of amides is 2. The SMILES string of the molecule is O=C(Cc1coc(-c2ccccc2)n1)N=C1C=CC2=NC=NC(=O)C2=C1. The van der Waals surface area contributed by atoms with E-state index in [1.54, 1.807) is 12.2 Å². The minimum atomic E-state index is -0.400. The largest absolute Gasteiger partial charge is 0.444 e. The zero-order chi connectivity index (χ0) is 17.9. The third-order valence-corrected chi connectivity index (χ3v) is 3.74. The molecule has 0 N–H and O–H groups in total. The topological polar surface area (TPSA) is 97.2 Å². The molecule has 2 amide bonds. The maximum absolute atomic E-state index is 12.2. The molecule has 4 rings (SSSR count). The molecule has 2 aromatic rings. The molecule has 0 fully saturated rings. The lowest BCUT2D eigenvalue weighted by Crippen LogP contribution is -2.18. The van der Waals surface area contributed by atoms with Crippen molar-refractivity contribution in [1.29, 1.82) is 0 Å². The standard InChI is InChI=1S/C19H12N4O3/c24-17(9-14-10-26-19(23-14)12-4-2-1-3-5-12)22-13-6-7-16-15(8-13)18(25)21-11-20-16/h1-8,10-11H,9H2. The van der Waals surface area contributed by atoms with Gasteiger partial charge in [-0.05, 0) is 30.4 Å². The van der Waals surface area contributed by atoms with Crippen LogP contribution in [-0.2, 0) is 16.0 Å². The predicted octanol–water partition coefficient (Wildman–Crippen LogP) is 2.36. The zero-order valence-corrected chi connectivity index (χ0v) is 13.5. The van der Waals surface area contributed by atoms with Crippen molar-refractivity contribution in [2.75, 3.05) is 0 Å². The molecular weight excluding hydrogens is 332 g/mol. The Morgan fingerprint density at radius 2 is 2.00 bits per heavy atom. The van der Waals surface area contributed by atoms with Crippen molar-refractivity contribution in [3.8, 4) is 11.5 Å². The normalized spacial score (nSPS) is 17.1. The zero-order valence-electron chi connectivity index (χ0n) is 13.5. The molecule has 2 heterocycles. The van der Waals surface area contributed by atoms with E-state index in [1.807, 2.05) is 30.3 Å². The van der Waals surface area contributed by atoms with Crippen LogP contribution in [0.5, 0.6) is 0 Å². The number of aliphatic imine (C=N–C) groups is 3. The summed E-state index contributed by atoms with van der Waals surface area (Å²) in [5.41, 5.74) is 2.54. The molecule has 1 aromatic heterocycles. The maximum Gasteiger partial charge on any atom is 0.280 e. The number of fused-ring (bicyclic) bond motifs is 1. The van der Waals surface area contributed by atoms with Gasteiger partial charge < -0.3 is 4.42 Å². The first-order valence-corrected chi connectivity index (χ1v) is 7.85. The van der Waals surface area contributed by atoms with Gasteiger partial charge in [-0.3, -0.25) is 9.59 Å². The lowest BCUT2D eigenvalue weighted by Gasteiger charge is -2.10. The predicted molar refractivity (Wildman–Crippen MR) is 96.2 cm³/mol. The second-order valence-electron chi connectivity index (χ2n) is 5.57. The van der Waals surface area contributed by atoms with E-state index in [2.05, 4.69) is 20.0 Å². The second kappa shape index (κ2) is 6.64. The minimum Gasteiger partial charge on any atom is -0.444 e. The lowest BCUT2D eigenvalue weighted by atomic mass is 10.0. The van der Waals surface area contributed by atoms with E-state index in [9.17, 15) is 9.59 Å². The van der Waals surface area contributed by atoms with E-state index < -0.39 is 5.91 Å². The average molecular weight is 344 g/mol. The number of carbonyl (C=O) groups is 2. The van der Waals surface area contributed by atoms with Crippen LogP contribution in [0.25, 0.3) is 11.5 Å². The average Bonchev–Trinajstić information content (AvgIpc) is 3.11. The summed E-state index contributed by atoms with van der Waals surface area (Å²) in [4.78, 5) is 39.9. The van der Waals surface area contributed by atoms with E-state index >= 15 is 0 Å². The van der Waals surface area contributed by atoms with Crippen LogP contribution in [0.1, 0.15) is 5.69 Å². The van der Waals surface area contributed by atoms with Gasteiger partial charge in [0.15, 0.2) is 0 Å². The lowest BCUT2D eigenvalue weighted by molar-refractivity contribution is -0.117. The molecule has 7 nitrogen and oxygen atoms in total. The third-order valence-electron chi connectivity index (χ3n) is 3.74. The fourth-order valence-corrected chi connectivity index (χ4v) is 2.53. The van der Waals surface area contributed by atoms with Gasteiger partial charge in [0.2, 0.25) is 5.89 Å². The van der Waals surface area contributed by atoms with Gasteiger partial charge in [-0.2, -0.15) is 4.99 Å². The Hall–Kier alpha value is -3.74. The Morgan fingerprint density at radius 3 is 2.85 bits per heavy atom. The Balaban J connectivity index is 1.49. The molecular formula is C19H12N4O3. The Bertz CT molecular complexity index is 1040. The van der Waals surface area contributed by atoms with Crippen LogP contribution in [0.2, 0.25) is 0 Å². The van der Waals surface area contributed by atoms with Crippen LogP contribution in [0, 0.1) is 0 Å².